The van der Waals surface area contributed by atoms with Crippen molar-refractivity contribution in [1.82, 2.24) is 4.72 Å². The summed E-state index contributed by atoms with van der Waals surface area (Å²) in [5, 5.41) is 0. The second-order valence-corrected chi connectivity index (χ2v) is 5.36. The minimum absolute atomic E-state index is 0.0779. The van der Waals surface area contributed by atoms with Crippen molar-refractivity contribution in [2.24, 2.45) is 5.73 Å². The molecule has 1 aromatic rings. The molecule has 0 saturated heterocycles. The van der Waals surface area contributed by atoms with E-state index in [-0.39, 0.29) is 18.3 Å². The first-order chi connectivity index (χ1) is 7.05. The average molecular weight is 228 g/mol. The summed E-state index contributed by atoms with van der Waals surface area (Å²) in [5.41, 5.74) is 6.76. The molecule has 84 valence electrons. The van der Waals surface area contributed by atoms with Gasteiger partial charge in [0.25, 0.3) is 0 Å². The maximum Gasteiger partial charge on any atom is 0.211 e. The Balaban J connectivity index is 2.54. The van der Waals surface area contributed by atoms with Crippen molar-refractivity contribution in [2.75, 3.05) is 12.3 Å². The monoisotopic (exact) mass is 228 g/mol. The van der Waals surface area contributed by atoms with E-state index in [1.807, 2.05) is 30.3 Å². The summed E-state index contributed by atoms with van der Waals surface area (Å²) in [6, 6.07) is 9.11. The van der Waals surface area contributed by atoms with Crippen LogP contribution in [0.2, 0.25) is 0 Å². The van der Waals surface area contributed by atoms with Crippen molar-refractivity contribution < 1.29 is 8.42 Å². The van der Waals surface area contributed by atoms with Crippen molar-refractivity contribution in [3.8, 4) is 0 Å². The van der Waals surface area contributed by atoms with E-state index in [0.29, 0.717) is 0 Å². The first-order valence-corrected chi connectivity index (χ1v) is 6.48. The van der Waals surface area contributed by atoms with Gasteiger partial charge in [0.1, 0.15) is 0 Å². The van der Waals surface area contributed by atoms with Gasteiger partial charge in [-0.3, -0.25) is 0 Å². The Morgan fingerprint density at radius 3 is 2.47 bits per heavy atom. The number of hydrogen-bond acceptors (Lipinski definition) is 3. The number of benzene rings is 1. The minimum atomic E-state index is -3.15. The average Bonchev–Trinajstić information content (AvgIpc) is 2.27. The molecular formula is C10H16N2O2S. The van der Waals surface area contributed by atoms with Gasteiger partial charge in [-0.05, 0) is 12.5 Å². The molecule has 3 N–H and O–H groups in total. The lowest BCUT2D eigenvalue weighted by Gasteiger charge is -2.12. The fourth-order valence-electron chi connectivity index (χ4n) is 1.14. The molecule has 0 heterocycles. The van der Waals surface area contributed by atoms with Gasteiger partial charge in [-0.25, -0.2) is 13.1 Å². The molecule has 0 aliphatic heterocycles. The van der Waals surface area contributed by atoms with Crippen LogP contribution in [0, 0.1) is 0 Å². The van der Waals surface area contributed by atoms with E-state index >= 15 is 0 Å². The van der Waals surface area contributed by atoms with Gasteiger partial charge in [-0.15, -0.1) is 0 Å². The van der Waals surface area contributed by atoms with Gasteiger partial charge < -0.3 is 5.73 Å². The van der Waals surface area contributed by atoms with E-state index < -0.39 is 10.0 Å². The van der Waals surface area contributed by atoms with Gasteiger partial charge in [0, 0.05) is 12.6 Å². The summed E-state index contributed by atoms with van der Waals surface area (Å²) < 4.78 is 24.8. The van der Waals surface area contributed by atoms with E-state index in [2.05, 4.69) is 4.72 Å². The van der Waals surface area contributed by atoms with E-state index in [4.69, 9.17) is 5.73 Å². The molecule has 0 aliphatic rings. The third-order valence-corrected chi connectivity index (χ3v) is 3.50. The normalized spacial score (nSPS) is 13.7. The zero-order valence-corrected chi connectivity index (χ0v) is 9.50. The summed E-state index contributed by atoms with van der Waals surface area (Å²) in [4.78, 5) is 0. The second-order valence-electron chi connectivity index (χ2n) is 3.27. The van der Waals surface area contributed by atoms with Gasteiger partial charge in [0.2, 0.25) is 10.0 Å². The molecule has 1 rings (SSSR count). The van der Waals surface area contributed by atoms with Crippen molar-refractivity contribution in [3.05, 3.63) is 35.9 Å². The first kappa shape index (κ1) is 12.2. The molecule has 0 radical (unpaired) electrons. The Labute approximate surface area is 90.5 Å². The van der Waals surface area contributed by atoms with E-state index in [9.17, 15) is 8.42 Å². The maximum atomic E-state index is 11.2. The lowest BCUT2D eigenvalue weighted by Crippen LogP contribution is -2.32. The largest absolute Gasteiger partial charge is 0.323 e. The Morgan fingerprint density at radius 2 is 1.93 bits per heavy atom. The van der Waals surface area contributed by atoms with Crippen LogP contribution < -0.4 is 10.5 Å². The highest BCUT2D eigenvalue weighted by atomic mass is 32.2. The molecule has 1 atom stereocenters. The van der Waals surface area contributed by atoms with Crippen LogP contribution in [0.25, 0.3) is 0 Å². The third-order valence-electron chi connectivity index (χ3n) is 2.13. The summed E-state index contributed by atoms with van der Waals surface area (Å²) in [6.07, 6.45) is 0. The number of sulfonamides is 1. The number of hydrogen-bond donors (Lipinski definition) is 2. The molecule has 0 aliphatic carbocycles. The lowest BCUT2D eigenvalue weighted by atomic mass is 10.1. The molecule has 15 heavy (non-hydrogen) atoms. The van der Waals surface area contributed by atoms with Gasteiger partial charge in [0.15, 0.2) is 0 Å². The van der Waals surface area contributed by atoms with Crippen LogP contribution in [-0.2, 0) is 10.0 Å². The van der Waals surface area contributed by atoms with Crippen LogP contribution in [-0.4, -0.2) is 20.7 Å². The van der Waals surface area contributed by atoms with Crippen LogP contribution in [0.3, 0.4) is 0 Å². The lowest BCUT2D eigenvalue weighted by molar-refractivity contribution is 0.573. The molecule has 0 amide bonds. The van der Waals surface area contributed by atoms with Crippen molar-refractivity contribution >= 4 is 10.0 Å². The fraction of sp³-hybridized carbons (Fsp3) is 0.400. The van der Waals surface area contributed by atoms with Gasteiger partial charge in [-0.1, -0.05) is 30.3 Å². The zero-order chi connectivity index (χ0) is 11.3. The standard InChI is InChI=1S/C10H16N2O2S/c1-2-15(13,14)12-8-10(11)9-6-4-3-5-7-9/h3-7,10,12H,2,8,11H2,1H3. The van der Waals surface area contributed by atoms with Crippen molar-refractivity contribution in [2.45, 2.75) is 13.0 Å². The Morgan fingerprint density at radius 1 is 1.33 bits per heavy atom. The Hall–Kier alpha value is -0.910. The zero-order valence-electron chi connectivity index (χ0n) is 8.68. The van der Waals surface area contributed by atoms with E-state index in [0.717, 1.165) is 5.56 Å². The van der Waals surface area contributed by atoms with Crippen molar-refractivity contribution in [3.63, 3.8) is 0 Å². The molecule has 4 nitrogen and oxygen atoms in total. The predicted octanol–water partition coefficient (Wildman–Crippen LogP) is 0.626. The number of nitrogens with two attached hydrogens (primary N) is 1. The molecule has 0 fully saturated rings. The fourth-order valence-corrected chi connectivity index (χ4v) is 1.77. The SMILES string of the molecule is CCS(=O)(=O)NCC(N)c1ccccc1. The maximum absolute atomic E-state index is 11.2. The molecule has 0 saturated carbocycles. The molecule has 0 aromatic heterocycles. The first-order valence-electron chi connectivity index (χ1n) is 4.83. The molecule has 0 bridgehead atoms. The van der Waals surface area contributed by atoms with Crippen LogP contribution in [0.5, 0.6) is 0 Å². The quantitative estimate of drug-likeness (QED) is 0.776. The summed E-state index contributed by atoms with van der Waals surface area (Å²) in [7, 11) is -3.15. The highest BCUT2D eigenvalue weighted by Crippen LogP contribution is 2.08. The Bertz CT molecular complexity index is 389. The molecule has 1 aromatic carbocycles. The number of nitrogens with one attached hydrogen (secondary N) is 1. The van der Waals surface area contributed by atoms with Gasteiger partial charge in [0.05, 0.1) is 5.75 Å². The van der Waals surface area contributed by atoms with Gasteiger partial charge >= 0.3 is 0 Å². The predicted molar refractivity (Wildman–Crippen MR) is 60.8 cm³/mol. The molecule has 5 heteroatoms. The Kier molecular flexibility index (Phi) is 4.26. The summed E-state index contributed by atoms with van der Waals surface area (Å²) in [6.45, 7) is 1.83. The van der Waals surface area contributed by atoms with Crippen LogP contribution in [0.15, 0.2) is 30.3 Å². The van der Waals surface area contributed by atoms with Crippen LogP contribution >= 0.6 is 0 Å². The van der Waals surface area contributed by atoms with Crippen LogP contribution in [0.1, 0.15) is 18.5 Å². The highest BCUT2D eigenvalue weighted by Gasteiger charge is 2.10. The van der Waals surface area contributed by atoms with Gasteiger partial charge in [-0.2, -0.15) is 0 Å². The summed E-state index contributed by atoms with van der Waals surface area (Å²) >= 11 is 0. The summed E-state index contributed by atoms with van der Waals surface area (Å²) in [5.74, 6) is 0.0779. The molecular weight excluding hydrogens is 212 g/mol. The van der Waals surface area contributed by atoms with E-state index in [1.54, 1.807) is 6.92 Å². The minimum Gasteiger partial charge on any atom is -0.323 e. The molecule has 0 spiro atoms. The number of rotatable bonds is 5. The molecule has 1 unspecified atom stereocenters. The topological polar surface area (TPSA) is 72.2 Å². The van der Waals surface area contributed by atoms with Crippen molar-refractivity contribution in [1.29, 1.82) is 0 Å². The smallest absolute Gasteiger partial charge is 0.211 e. The van der Waals surface area contributed by atoms with E-state index in [1.165, 1.54) is 0 Å². The third kappa shape index (κ3) is 3.99. The second kappa shape index (κ2) is 5.25. The van der Waals surface area contributed by atoms with Crippen LogP contribution in [0.4, 0.5) is 0 Å². The highest BCUT2D eigenvalue weighted by molar-refractivity contribution is 7.89.